The molecular formula is C12H14N2O3. The van der Waals surface area contributed by atoms with Crippen molar-refractivity contribution >= 4 is 12.2 Å². The van der Waals surface area contributed by atoms with Crippen LogP contribution in [0.1, 0.15) is 15.9 Å². The maximum Gasteiger partial charge on any atom is 0.335 e. The molecular weight excluding hydrogens is 220 g/mol. The van der Waals surface area contributed by atoms with Gasteiger partial charge in [0, 0.05) is 0 Å². The van der Waals surface area contributed by atoms with Gasteiger partial charge in [0.25, 0.3) is 0 Å². The first-order chi connectivity index (χ1) is 8.25. The van der Waals surface area contributed by atoms with Gasteiger partial charge < -0.3 is 9.84 Å². The molecule has 0 amide bonds. The van der Waals surface area contributed by atoms with Crippen LogP contribution in [0.25, 0.3) is 0 Å². The average Bonchev–Trinajstić information content (AvgIpc) is 2.38. The summed E-state index contributed by atoms with van der Waals surface area (Å²) in [7, 11) is 0. The molecule has 2 rings (SSSR count). The number of hydrogen-bond acceptors (Lipinski definition) is 4. The number of carbonyl (C=O) groups is 1. The molecule has 1 saturated heterocycles. The molecule has 1 aromatic rings. The quantitative estimate of drug-likeness (QED) is 0.794. The van der Waals surface area contributed by atoms with Crippen LogP contribution in [-0.4, -0.2) is 48.6 Å². The summed E-state index contributed by atoms with van der Waals surface area (Å²) in [5.41, 5.74) is 1.18. The van der Waals surface area contributed by atoms with Crippen molar-refractivity contribution in [1.29, 1.82) is 0 Å². The minimum atomic E-state index is -0.915. The summed E-state index contributed by atoms with van der Waals surface area (Å²) in [6, 6.07) is 6.63. The SMILES string of the molecule is O=C(O)c1ccc(/C=N/N2CCOCC2)cc1. The zero-order valence-electron chi connectivity index (χ0n) is 9.37. The normalized spacial score (nSPS) is 16.4. The van der Waals surface area contributed by atoms with E-state index in [4.69, 9.17) is 9.84 Å². The van der Waals surface area contributed by atoms with Gasteiger partial charge >= 0.3 is 5.97 Å². The lowest BCUT2D eigenvalue weighted by Crippen LogP contribution is -2.32. The molecule has 0 radical (unpaired) electrons. The zero-order chi connectivity index (χ0) is 12.1. The highest BCUT2D eigenvalue weighted by Crippen LogP contribution is 2.03. The third-order valence-electron chi connectivity index (χ3n) is 2.52. The van der Waals surface area contributed by atoms with E-state index in [1.807, 2.05) is 5.01 Å². The summed E-state index contributed by atoms with van der Waals surface area (Å²) in [6.07, 6.45) is 1.73. The molecule has 0 saturated carbocycles. The number of ether oxygens (including phenoxy) is 1. The molecule has 0 atom stereocenters. The van der Waals surface area contributed by atoms with Crippen LogP contribution in [0.3, 0.4) is 0 Å². The third-order valence-corrected chi connectivity index (χ3v) is 2.52. The van der Waals surface area contributed by atoms with Gasteiger partial charge in [-0.1, -0.05) is 12.1 Å². The van der Waals surface area contributed by atoms with Crippen molar-refractivity contribution < 1.29 is 14.6 Å². The Hall–Kier alpha value is -1.88. The Morgan fingerprint density at radius 1 is 1.29 bits per heavy atom. The number of nitrogens with zero attached hydrogens (tertiary/aromatic N) is 2. The van der Waals surface area contributed by atoms with E-state index in [9.17, 15) is 4.79 Å². The van der Waals surface area contributed by atoms with Gasteiger partial charge in [0.2, 0.25) is 0 Å². The monoisotopic (exact) mass is 234 g/mol. The van der Waals surface area contributed by atoms with E-state index in [0.29, 0.717) is 13.2 Å². The number of benzene rings is 1. The van der Waals surface area contributed by atoms with Crippen LogP contribution in [-0.2, 0) is 4.74 Å². The summed E-state index contributed by atoms with van der Waals surface area (Å²) in [4.78, 5) is 10.7. The fourth-order valence-corrected chi connectivity index (χ4v) is 1.53. The van der Waals surface area contributed by atoms with Crippen LogP contribution in [0.15, 0.2) is 29.4 Å². The Morgan fingerprint density at radius 3 is 2.53 bits per heavy atom. The highest BCUT2D eigenvalue weighted by molar-refractivity contribution is 5.89. The Labute approximate surface area is 99.3 Å². The smallest absolute Gasteiger partial charge is 0.335 e. The van der Waals surface area contributed by atoms with E-state index in [1.165, 1.54) is 0 Å². The Morgan fingerprint density at radius 2 is 1.94 bits per heavy atom. The number of carboxylic acid groups (broad SMARTS) is 1. The maximum atomic E-state index is 10.7. The predicted molar refractivity (Wildman–Crippen MR) is 63.4 cm³/mol. The van der Waals surface area contributed by atoms with Crippen LogP contribution < -0.4 is 0 Å². The van der Waals surface area contributed by atoms with E-state index < -0.39 is 5.97 Å². The minimum absolute atomic E-state index is 0.286. The van der Waals surface area contributed by atoms with Crippen molar-refractivity contribution in [3.63, 3.8) is 0 Å². The number of rotatable bonds is 3. The number of hydrogen-bond donors (Lipinski definition) is 1. The largest absolute Gasteiger partial charge is 0.478 e. The summed E-state index contributed by atoms with van der Waals surface area (Å²) >= 11 is 0. The predicted octanol–water partition coefficient (Wildman–Crippen LogP) is 1.05. The molecule has 5 nitrogen and oxygen atoms in total. The molecule has 0 aromatic heterocycles. The van der Waals surface area contributed by atoms with E-state index in [1.54, 1.807) is 30.5 Å². The van der Waals surface area contributed by atoms with Crippen molar-refractivity contribution in [3.05, 3.63) is 35.4 Å². The summed E-state index contributed by atoms with van der Waals surface area (Å²) in [5, 5.41) is 15.0. The topological polar surface area (TPSA) is 62.1 Å². The van der Waals surface area contributed by atoms with Crippen LogP contribution in [0.5, 0.6) is 0 Å². The van der Waals surface area contributed by atoms with Crippen molar-refractivity contribution in [1.82, 2.24) is 5.01 Å². The number of morpholine rings is 1. The van der Waals surface area contributed by atoms with Crippen LogP contribution in [0.4, 0.5) is 0 Å². The highest BCUT2D eigenvalue weighted by Gasteiger charge is 2.06. The Balaban J connectivity index is 1.98. The lowest BCUT2D eigenvalue weighted by atomic mass is 10.1. The first-order valence-corrected chi connectivity index (χ1v) is 5.46. The molecule has 1 aromatic carbocycles. The lowest BCUT2D eigenvalue weighted by molar-refractivity contribution is 0.0397. The highest BCUT2D eigenvalue weighted by atomic mass is 16.5. The first kappa shape index (κ1) is 11.6. The Bertz CT molecular complexity index is 408. The van der Waals surface area contributed by atoms with Crippen molar-refractivity contribution in [3.8, 4) is 0 Å². The van der Waals surface area contributed by atoms with E-state index in [2.05, 4.69) is 5.10 Å². The van der Waals surface area contributed by atoms with E-state index >= 15 is 0 Å². The van der Waals surface area contributed by atoms with Crippen LogP contribution >= 0.6 is 0 Å². The van der Waals surface area contributed by atoms with Crippen molar-refractivity contribution in [2.24, 2.45) is 5.10 Å². The molecule has 1 aliphatic heterocycles. The van der Waals surface area contributed by atoms with Gasteiger partial charge in [0.15, 0.2) is 0 Å². The van der Waals surface area contributed by atoms with Crippen molar-refractivity contribution in [2.75, 3.05) is 26.3 Å². The standard InChI is InChI=1S/C12H14N2O3/c15-12(16)11-3-1-10(2-4-11)9-13-14-5-7-17-8-6-14/h1-4,9H,5-8H2,(H,15,16)/b13-9+. The molecule has 0 unspecified atom stereocenters. The molecule has 90 valence electrons. The summed E-state index contributed by atoms with van der Waals surface area (Å²) < 4.78 is 5.21. The van der Waals surface area contributed by atoms with Gasteiger partial charge in [-0.25, -0.2) is 4.79 Å². The number of hydrazone groups is 1. The first-order valence-electron chi connectivity index (χ1n) is 5.46. The van der Waals surface area contributed by atoms with Gasteiger partial charge in [0.1, 0.15) is 0 Å². The maximum absolute atomic E-state index is 10.7. The second kappa shape index (κ2) is 5.45. The fourth-order valence-electron chi connectivity index (χ4n) is 1.53. The second-order valence-corrected chi connectivity index (χ2v) is 3.74. The fraction of sp³-hybridized carbons (Fsp3) is 0.333. The van der Waals surface area contributed by atoms with E-state index in [0.717, 1.165) is 18.7 Å². The van der Waals surface area contributed by atoms with Gasteiger partial charge in [-0.15, -0.1) is 0 Å². The third kappa shape index (κ3) is 3.29. The molecule has 1 aliphatic rings. The zero-order valence-corrected chi connectivity index (χ0v) is 9.37. The number of carboxylic acids is 1. The Kier molecular flexibility index (Phi) is 3.72. The second-order valence-electron chi connectivity index (χ2n) is 3.74. The molecule has 17 heavy (non-hydrogen) atoms. The van der Waals surface area contributed by atoms with Crippen LogP contribution in [0.2, 0.25) is 0 Å². The molecule has 1 fully saturated rings. The minimum Gasteiger partial charge on any atom is -0.478 e. The van der Waals surface area contributed by atoms with Gasteiger partial charge in [0.05, 0.1) is 38.1 Å². The van der Waals surface area contributed by atoms with Gasteiger partial charge in [-0.2, -0.15) is 5.10 Å². The molecule has 0 aliphatic carbocycles. The average molecular weight is 234 g/mol. The van der Waals surface area contributed by atoms with Gasteiger partial charge in [-0.3, -0.25) is 5.01 Å². The molecule has 1 heterocycles. The summed E-state index contributed by atoms with van der Waals surface area (Å²) in [5.74, 6) is -0.915. The van der Waals surface area contributed by atoms with Gasteiger partial charge in [-0.05, 0) is 17.7 Å². The molecule has 5 heteroatoms. The molecule has 0 bridgehead atoms. The van der Waals surface area contributed by atoms with Crippen molar-refractivity contribution in [2.45, 2.75) is 0 Å². The molecule has 1 N–H and O–H groups in total. The molecule has 0 spiro atoms. The number of aromatic carboxylic acids is 1. The van der Waals surface area contributed by atoms with Crippen LogP contribution in [0, 0.1) is 0 Å². The summed E-state index contributed by atoms with van der Waals surface area (Å²) in [6.45, 7) is 3.00. The van der Waals surface area contributed by atoms with E-state index in [-0.39, 0.29) is 5.56 Å². The lowest BCUT2D eigenvalue weighted by Gasteiger charge is -2.23.